The van der Waals surface area contributed by atoms with E-state index in [9.17, 15) is 4.79 Å². The van der Waals surface area contributed by atoms with Gasteiger partial charge in [-0.1, -0.05) is 17.8 Å². The first-order valence-electron chi connectivity index (χ1n) is 10.6. The summed E-state index contributed by atoms with van der Waals surface area (Å²) >= 11 is 1.52. The van der Waals surface area contributed by atoms with Crippen LogP contribution >= 0.6 is 11.8 Å². The van der Waals surface area contributed by atoms with Crippen LogP contribution in [0.1, 0.15) is 18.4 Å². The van der Waals surface area contributed by atoms with Crippen molar-refractivity contribution in [1.82, 2.24) is 25.1 Å². The number of rotatable bonds is 7. The van der Waals surface area contributed by atoms with Crippen LogP contribution in [0.15, 0.2) is 35.6 Å². The number of amides is 1. The Hall–Kier alpha value is -3.27. The molecule has 32 heavy (non-hydrogen) atoms. The van der Waals surface area contributed by atoms with Gasteiger partial charge in [0.1, 0.15) is 5.82 Å². The van der Waals surface area contributed by atoms with Gasteiger partial charge in [0, 0.05) is 25.7 Å². The summed E-state index contributed by atoms with van der Waals surface area (Å²) in [5.74, 6) is 2.20. The number of carbonyl (C=O) groups excluding carboxylic acids is 1. The summed E-state index contributed by atoms with van der Waals surface area (Å²) in [7, 11) is 0. The molecule has 1 aromatic carbocycles. The predicted octanol–water partition coefficient (Wildman–Crippen LogP) is 2.71. The topological polar surface area (TPSA) is 94.4 Å². The second kappa shape index (κ2) is 9.07. The predicted molar refractivity (Wildman–Crippen MR) is 123 cm³/mol. The Bertz CT molecular complexity index is 1170. The van der Waals surface area contributed by atoms with E-state index in [1.165, 1.54) is 30.7 Å². The molecule has 2 aliphatic rings. The maximum absolute atomic E-state index is 12.3. The number of benzene rings is 1. The molecule has 1 saturated heterocycles. The third-order valence-corrected chi connectivity index (χ3v) is 6.04. The Morgan fingerprint density at radius 3 is 2.91 bits per heavy atom. The SMILES string of the molecule is CSc1nc(N2CCCC2)c2cnn(CCNC(=O)/C=C\c3ccc4c(c3)OCO4)c2n1. The van der Waals surface area contributed by atoms with E-state index in [4.69, 9.17) is 14.5 Å². The smallest absolute Gasteiger partial charge is 0.244 e. The molecule has 5 rings (SSSR count). The third-order valence-electron chi connectivity index (χ3n) is 5.49. The average molecular weight is 453 g/mol. The number of hydrogen-bond donors (Lipinski definition) is 1. The summed E-state index contributed by atoms with van der Waals surface area (Å²) in [5.41, 5.74) is 1.68. The Morgan fingerprint density at radius 1 is 1.22 bits per heavy atom. The van der Waals surface area contributed by atoms with Gasteiger partial charge in [-0.2, -0.15) is 5.10 Å². The minimum absolute atomic E-state index is 0.170. The molecule has 0 atom stereocenters. The first-order valence-corrected chi connectivity index (χ1v) is 11.8. The van der Waals surface area contributed by atoms with E-state index >= 15 is 0 Å². The summed E-state index contributed by atoms with van der Waals surface area (Å²) in [6, 6.07) is 5.57. The largest absolute Gasteiger partial charge is 0.454 e. The van der Waals surface area contributed by atoms with Crippen molar-refractivity contribution in [3.8, 4) is 11.5 Å². The average Bonchev–Trinajstić information content (AvgIpc) is 3.57. The number of anilines is 1. The van der Waals surface area contributed by atoms with Crippen LogP contribution in [0.25, 0.3) is 17.1 Å². The van der Waals surface area contributed by atoms with Gasteiger partial charge in [0.05, 0.1) is 18.1 Å². The van der Waals surface area contributed by atoms with Gasteiger partial charge in [-0.05, 0) is 42.9 Å². The van der Waals surface area contributed by atoms with E-state index in [0.29, 0.717) is 18.8 Å². The van der Waals surface area contributed by atoms with E-state index in [2.05, 4.69) is 20.3 Å². The van der Waals surface area contributed by atoms with E-state index < -0.39 is 0 Å². The van der Waals surface area contributed by atoms with Crippen LogP contribution in [0.4, 0.5) is 5.82 Å². The number of aromatic nitrogens is 4. The van der Waals surface area contributed by atoms with Crippen LogP contribution in [0.3, 0.4) is 0 Å². The van der Waals surface area contributed by atoms with Crippen LogP contribution in [0.2, 0.25) is 0 Å². The van der Waals surface area contributed by atoms with Gasteiger partial charge in [0.25, 0.3) is 0 Å². The van der Waals surface area contributed by atoms with Gasteiger partial charge >= 0.3 is 0 Å². The lowest BCUT2D eigenvalue weighted by atomic mass is 10.2. The Kier molecular flexibility index (Phi) is 5.85. The number of thioether (sulfide) groups is 1. The number of nitrogens with one attached hydrogen (secondary N) is 1. The molecule has 2 aromatic heterocycles. The van der Waals surface area contributed by atoms with Crippen LogP contribution in [-0.4, -0.2) is 58.3 Å². The first-order chi connectivity index (χ1) is 15.7. The molecule has 0 spiro atoms. The minimum atomic E-state index is -0.170. The lowest BCUT2D eigenvalue weighted by molar-refractivity contribution is -0.116. The second-order valence-electron chi connectivity index (χ2n) is 7.57. The van der Waals surface area contributed by atoms with Crippen molar-refractivity contribution < 1.29 is 14.3 Å². The zero-order chi connectivity index (χ0) is 21.9. The maximum atomic E-state index is 12.3. The fraction of sp³-hybridized carbons (Fsp3) is 0.364. The Morgan fingerprint density at radius 2 is 2.06 bits per heavy atom. The highest BCUT2D eigenvalue weighted by atomic mass is 32.2. The fourth-order valence-corrected chi connectivity index (χ4v) is 4.23. The van der Waals surface area contributed by atoms with Gasteiger partial charge in [-0.3, -0.25) is 4.79 Å². The molecular formula is C22H24N6O3S. The fourth-order valence-electron chi connectivity index (χ4n) is 3.88. The molecule has 0 bridgehead atoms. The molecule has 2 aliphatic heterocycles. The number of hydrogen-bond acceptors (Lipinski definition) is 8. The molecule has 1 amide bonds. The lowest BCUT2D eigenvalue weighted by Crippen LogP contribution is -2.26. The highest BCUT2D eigenvalue weighted by molar-refractivity contribution is 7.98. The van der Waals surface area contributed by atoms with Crippen molar-refractivity contribution in [2.24, 2.45) is 0 Å². The monoisotopic (exact) mass is 452 g/mol. The maximum Gasteiger partial charge on any atom is 0.244 e. The van der Waals surface area contributed by atoms with Gasteiger partial charge < -0.3 is 19.7 Å². The van der Waals surface area contributed by atoms with E-state index in [0.717, 1.165) is 46.4 Å². The zero-order valence-electron chi connectivity index (χ0n) is 17.8. The standard InChI is InChI=1S/C22H24N6O3S/c1-32-22-25-20(27-9-2-3-10-27)16-13-24-28(21(16)26-22)11-8-23-19(29)7-5-15-4-6-17-18(12-15)31-14-30-17/h4-7,12-13H,2-3,8-11,14H2,1H3,(H,23,29)/b7-5-. The van der Waals surface area contributed by atoms with E-state index in [1.54, 1.807) is 6.08 Å². The minimum Gasteiger partial charge on any atom is -0.454 e. The normalized spacial score (nSPS) is 15.2. The zero-order valence-corrected chi connectivity index (χ0v) is 18.6. The molecular weight excluding hydrogens is 428 g/mol. The summed E-state index contributed by atoms with van der Waals surface area (Å²) in [6.07, 6.45) is 9.43. The van der Waals surface area contributed by atoms with Gasteiger partial charge in [-0.25, -0.2) is 14.6 Å². The number of fused-ring (bicyclic) bond motifs is 2. The van der Waals surface area contributed by atoms with Crippen molar-refractivity contribution in [1.29, 1.82) is 0 Å². The molecule has 0 aliphatic carbocycles. The van der Waals surface area contributed by atoms with Crippen LogP contribution in [0.5, 0.6) is 11.5 Å². The molecule has 9 nitrogen and oxygen atoms in total. The summed E-state index contributed by atoms with van der Waals surface area (Å²) in [5, 5.41) is 9.10. The molecule has 4 heterocycles. The molecule has 1 N–H and O–H groups in total. The van der Waals surface area contributed by atoms with Crippen LogP contribution < -0.4 is 19.7 Å². The van der Waals surface area contributed by atoms with Crippen molar-refractivity contribution in [3.63, 3.8) is 0 Å². The van der Waals surface area contributed by atoms with E-state index in [-0.39, 0.29) is 12.7 Å². The quantitative estimate of drug-likeness (QED) is 0.332. The molecule has 166 valence electrons. The van der Waals surface area contributed by atoms with Crippen molar-refractivity contribution in [2.75, 3.05) is 37.6 Å². The molecule has 0 unspecified atom stereocenters. The van der Waals surface area contributed by atoms with Gasteiger partial charge in [-0.15, -0.1) is 0 Å². The van der Waals surface area contributed by atoms with Crippen LogP contribution in [0, 0.1) is 0 Å². The van der Waals surface area contributed by atoms with Crippen LogP contribution in [-0.2, 0) is 11.3 Å². The highest BCUT2D eigenvalue weighted by Gasteiger charge is 2.20. The first kappa shape index (κ1) is 20.6. The Labute approximate surface area is 189 Å². The van der Waals surface area contributed by atoms with Gasteiger partial charge in [0.15, 0.2) is 22.3 Å². The van der Waals surface area contributed by atoms with Crippen molar-refractivity contribution >= 4 is 40.6 Å². The molecule has 10 heteroatoms. The number of carbonyl (C=O) groups is 1. The summed E-state index contributed by atoms with van der Waals surface area (Å²) in [4.78, 5) is 23.9. The van der Waals surface area contributed by atoms with Gasteiger partial charge in [0.2, 0.25) is 12.7 Å². The summed E-state index contributed by atoms with van der Waals surface area (Å²) in [6.45, 7) is 3.22. The van der Waals surface area contributed by atoms with E-state index in [1.807, 2.05) is 35.3 Å². The molecule has 1 fully saturated rings. The lowest BCUT2D eigenvalue weighted by Gasteiger charge is -2.17. The van der Waals surface area contributed by atoms with Crippen molar-refractivity contribution in [2.45, 2.75) is 24.5 Å². The summed E-state index contributed by atoms with van der Waals surface area (Å²) < 4.78 is 12.5. The second-order valence-corrected chi connectivity index (χ2v) is 8.34. The molecule has 0 radical (unpaired) electrons. The number of nitrogens with zero attached hydrogens (tertiary/aromatic N) is 5. The molecule has 3 aromatic rings. The highest BCUT2D eigenvalue weighted by Crippen LogP contribution is 2.33. The van der Waals surface area contributed by atoms with Crippen molar-refractivity contribution in [3.05, 3.63) is 36.0 Å². The Balaban J connectivity index is 1.23. The number of ether oxygens (including phenoxy) is 2. The third kappa shape index (κ3) is 4.22. The molecule has 0 saturated carbocycles.